The SMILES string of the molecule is O=C(CCCN1C(=O)C(=Cc2ccccc2Cl)SC1=S)Nc1ncc(Cc2ccccc2Cl)s1. The van der Waals surface area contributed by atoms with Crippen molar-refractivity contribution < 1.29 is 9.59 Å². The monoisotopic (exact) mass is 547 g/mol. The predicted molar refractivity (Wildman–Crippen MR) is 146 cm³/mol. The van der Waals surface area contributed by atoms with Gasteiger partial charge in [0.2, 0.25) is 5.91 Å². The molecule has 1 aliphatic rings. The minimum atomic E-state index is -0.167. The summed E-state index contributed by atoms with van der Waals surface area (Å²) in [6.45, 7) is 0.369. The molecule has 0 bridgehead atoms. The van der Waals surface area contributed by atoms with Crippen LogP contribution < -0.4 is 5.32 Å². The number of hydrogen-bond donors (Lipinski definition) is 1. The highest BCUT2D eigenvalue weighted by Gasteiger charge is 2.31. The molecule has 3 aromatic rings. The highest BCUT2D eigenvalue weighted by molar-refractivity contribution is 8.26. The van der Waals surface area contributed by atoms with E-state index in [4.69, 9.17) is 35.4 Å². The number of benzene rings is 2. The fraction of sp³-hybridized carbons (Fsp3) is 0.167. The van der Waals surface area contributed by atoms with Gasteiger partial charge < -0.3 is 5.32 Å². The number of carbonyl (C=O) groups excluding carboxylic acids is 2. The molecular formula is C24H19Cl2N3O2S3. The Morgan fingerprint density at radius 1 is 1.12 bits per heavy atom. The number of rotatable bonds is 8. The third kappa shape index (κ3) is 6.25. The van der Waals surface area contributed by atoms with Gasteiger partial charge in [-0.25, -0.2) is 4.98 Å². The highest BCUT2D eigenvalue weighted by Crippen LogP contribution is 2.34. The number of nitrogens with zero attached hydrogens (tertiary/aromatic N) is 2. The van der Waals surface area contributed by atoms with Gasteiger partial charge in [-0.2, -0.15) is 0 Å². The number of carbonyl (C=O) groups is 2. The molecule has 1 aliphatic heterocycles. The Hall–Kier alpha value is -2.23. The molecule has 10 heteroatoms. The molecule has 4 rings (SSSR count). The number of hydrogen-bond acceptors (Lipinski definition) is 6. The molecule has 0 aliphatic carbocycles. The molecule has 1 saturated heterocycles. The first kappa shape index (κ1) is 24.9. The average Bonchev–Trinajstić information content (AvgIpc) is 3.35. The molecular weight excluding hydrogens is 529 g/mol. The Labute approximate surface area is 221 Å². The number of nitrogens with one attached hydrogen (secondary N) is 1. The first-order chi connectivity index (χ1) is 16.4. The zero-order chi connectivity index (χ0) is 24.1. The third-order valence-corrected chi connectivity index (χ3v) is 7.98. The van der Waals surface area contributed by atoms with Crippen molar-refractivity contribution in [1.29, 1.82) is 0 Å². The van der Waals surface area contributed by atoms with E-state index in [0.29, 0.717) is 43.8 Å². The number of halogens is 2. The quantitative estimate of drug-likeness (QED) is 0.252. The van der Waals surface area contributed by atoms with Crippen LogP contribution in [0.3, 0.4) is 0 Å². The van der Waals surface area contributed by atoms with Crippen molar-refractivity contribution >= 4 is 85.9 Å². The van der Waals surface area contributed by atoms with Gasteiger partial charge in [0.1, 0.15) is 4.32 Å². The summed E-state index contributed by atoms with van der Waals surface area (Å²) in [5, 5.41) is 4.65. The van der Waals surface area contributed by atoms with Crippen LogP contribution in [0.4, 0.5) is 5.13 Å². The second kappa shape index (κ2) is 11.5. The van der Waals surface area contributed by atoms with Crippen molar-refractivity contribution in [2.45, 2.75) is 19.3 Å². The molecule has 0 saturated carbocycles. The van der Waals surface area contributed by atoms with E-state index in [-0.39, 0.29) is 18.2 Å². The molecule has 0 radical (unpaired) electrons. The number of aromatic nitrogens is 1. The summed E-state index contributed by atoms with van der Waals surface area (Å²) >= 11 is 20.4. The van der Waals surface area contributed by atoms with Gasteiger partial charge in [0.25, 0.3) is 5.91 Å². The van der Waals surface area contributed by atoms with E-state index < -0.39 is 0 Å². The maximum atomic E-state index is 12.8. The topological polar surface area (TPSA) is 62.3 Å². The standard InChI is InChI=1S/C24H19Cl2N3O2S3/c25-18-8-3-1-6-15(18)12-17-14-27-23(33-17)28-21(30)10-5-11-29-22(31)20(34-24(29)32)13-16-7-2-4-9-19(16)26/h1-4,6-9,13-14H,5,10-12H2,(H,27,28,30). The normalized spacial score (nSPS) is 14.8. The van der Waals surface area contributed by atoms with Gasteiger partial charge >= 0.3 is 0 Å². The van der Waals surface area contributed by atoms with Crippen LogP contribution in [-0.4, -0.2) is 32.6 Å². The number of thiazole rings is 1. The summed E-state index contributed by atoms with van der Waals surface area (Å²) in [5.74, 6) is -0.324. The van der Waals surface area contributed by atoms with Crippen LogP contribution >= 0.6 is 58.5 Å². The summed E-state index contributed by atoms with van der Waals surface area (Å²) < 4.78 is 0.479. The molecule has 34 heavy (non-hydrogen) atoms. The van der Waals surface area contributed by atoms with Gasteiger partial charge in [0.15, 0.2) is 5.13 Å². The molecule has 2 heterocycles. The van der Waals surface area contributed by atoms with Gasteiger partial charge in [-0.1, -0.05) is 83.6 Å². The van der Waals surface area contributed by atoms with Crippen molar-refractivity contribution in [3.8, 4) is 0 Å². The fourth-order valence-electron chi connectivity index (χ4n) is 3.28. The number of thioether (sulfide) groups is 1. The zero-order valence-electron chi connectivity index (χ0n) is 17.8. The summed E-state index contributed by atoms with van der Waals surface area (Å²) in [5.41, 5.74) is 1.78. The van der Waals surface area contributed by atoms with Crippen molar-refractivity contribution in [1.82, 2.24) is 9.88 Å². The van der Waals surface area contributed by atoms with Gasteiger partial charge in [-0.15, -0.1) is 11.3 Å². The first-order valence-corrected chi connectivity index (χ1v) is 13.2. The second-order valence-electron chi connectivity index (χ2n) is 7.41. The Morgan fingerprint density at radius 2 is 1.85 bits per heavy atom. The predicted octanol–water partition coefficient (Wildman–Crippen LogP) is 6.66. The lowest BCUT2D eigenvalue weighted by molar-refractivity contribution is -0.122. The molecule has 0 atom stereocenters. The smallest absolute Gasteiger partial charge is 0.266 e. The van der Waals surface area contributed by atoms with E-state index in [1.165, 1.54) is 28.0 Å². The Morgan fingerprint density at radius 3 is 2.62 bits per heavy atom. The second-order valence-corrected chi connectivity index (χ2v) is 11.0. The lowest BCUT2D eigenvalue weighted by Crippen LogP contribution is -2.29. The number of thiocarbonyl (C=S) groups is 1. The third-order valence-electron chi connectivity index (χ3n) is 4.97. The van der Waals surface area contributed by atoms with E-state index >= 15 is 0 Å². The van der Waals surface area contributed by atoms with Crippen molar-refractivity contribution in [2.24, 2.45) is 0 Å². The van der Waals surface area contributed by atoms with Crippen LogP contribution in [0, 0.1) is 0 Å². The highest BCUT2D eigenvalue weighted by atomic mass is 35.5. The summed E-state index contributed by atoms with van der Waals surface area (Å²) in [4.78, 5) is 32.5. The summed E-state index contributed by atoms with van der Waals surface area (Å²) in [6.07, 6.45) is 4.88. The van der Waals surface area contributed by atoms with E-state index in [9.17, 15) is 9.59 Å². The molecule has 5 nitrogen and oxygen atoms in total. The van der Waals surface area contributed by atoms with E-state index in [2.05, 4.69) is 10.3 Å². The summed E-state index contributed by atoms with van der Waals surface area (Å²) in [7, 11) is 0. The minimum absolute atomic E-state index is 0.157. The van der Waals surface area contributed by atoms with Crippen LogP contribution in [0.5, 0.6) is 0 Å². The van der Waals surface area contributed by atoms with Gasteiger partial charge in [0, 0.05) is 40.5 Å². The Bertz CT molecular complexity index is 1280. The molecule has 2 aromatic carbocycles. The van der Waals surface area contributed by atoms with Gasteiger partial charge in [0.05, 0.1) is 4.91 Å². The number of anilines is 1. The van der Waals surface area contributed by atoms with E-state index in [1.807, 2.05) is 42.5 Å². The van der Waals surface area contributed by atoms with Crippen LogP contribution in [0.25, 0.3) is 6.08 Å². The maximum Gasteiger partial charge on any atom is 0.266 e. The van der Waals surface area contributed by atoms with Gasteiger partial charge in [-0.05, 0) is 35.8 Å². The van der Waals surface area contributed by atoms with Crippen molar-refractivity contribution in [3.05, 3.63) is 85.7 Å². The molecule has 0 spiro atoms. The van der Waals surface area contributed by atoms with Crippen LogP contribution in [-0.2, 0) is 16.0 Å². The van der Waals surface area contributed by atoms with E-state index in [1.54, 1.807) is 18.3 Å². The Kier molecular flexibility index (Phi) is 8.39. The maximum absolute atomic E-state index is 12.8. The fourth-order valence-corrected chi connectivity index (χ4v) is 5.83. The van der Waals surface area contributed by atoms with Crippen LogP contribution in [0.2, 0.25) is 10.0 Å². The average molecular weight is 549 g/mol. The first-order valence-electron chi connectivity index (χ1n) is 10.4. The van der Waals surface area contributed by atoms with E-state index in [0.717, 1.165) is 16.0 Å². The van der Waals surface area contributed by atoms with Gasteiger partial charge in [-0.3, -0.25) is 14.5 Å². The molecule has 0 unspecified atom stereocenters. The minimum Gasteiger partial charge on any atom is -0.302 e. The lowest BCUT2D eigenvalue weighted by atomic mass is 10.1. The Balaban J connectivity index is 1.27. The molecule has 1 aromatic heterocycles. The van der Waals surface area contributed by atoms with Crippen molar-refractivity contribution in [3.63, 3.8) is 0 Å². The number of amides is 2. The molecule has 1 fully saturated rings. The van der Waals surface area contributed by atoms with Crippen molar-refractivity contribution in [2.75, 3.05) is 11.9 Å². The van der Waals surface area contributed by atoms with Crippen LogP contribution in [0.15, 0.2) is 59.6 Å². The molecule has 1 N–H and O–H groups in total. The summed E-state index contributed by atoms with van der Waals surface area (Å²) in [6, 6.07) is 15.0. The van der Waals surface area contributed by atoms with Crippen LogP contribution in [0.1, 0.15) is 28.8 Å². The zero-order valence-corrected chi connectivity index (χ0v) is 21.8. The largest absolute Gasteiger partial charge is 0.302 e. The lowest BCUT2D eigenvalue weighted by Gasteiger charge is -2.13. The molecule has 174 valence electrons. The molecule has 2 amide bonds.